The van der Waals surface area contributed by atoms with E-state index >= 15 is 0 Å². The Morgan fingerprint density at radius 2 is 2.10 bits per heavy atom. The average molecular weight is 545 g/mol. The zero-order chi connectivity index (χ0) is 20.4. The standard InChI is InChI=1S/C22H32N4O2S.HI/c1-2-23-21(25-16-22(10-12-27)11-13-28-17-22)24-14-19-15-29-20(26-19)9-8-18-6-4-3-5-7-18;/h3-7,15,27H,2,8-14,16-17H2,1H3,(H2,23,24,25);1H. The van der Waals surface area contributed by atoms with E-state index in [0.717, 1.165) is 62.0 Å². The first-order valence-corrected chi connectivity index (χ1v) is 11.3. The monoisotopic (exact) mass is 544 g/mol. The Kier molecular flexibility index (Phi) is 11.0. The van der Waals surface area contributed by atoms with E-state index in [1.165, 1.54) is 5.56 Å². The summed E-state index contributed by atoms with van der Waals surface area (Å²) in [5.74, 6) is 0.788. The van der Waals surface area contributed by atoms with Crippen molar-refractivity contribution < 1.29 is 9.84 Å². The minimum atomic E-state index is -0.00379. The molecule has 2 aromatic rings. The molecule has 1 fully saturated rings. The summed E-state index contributed by atoms with van der Waals surface area (Å²) in [5, 5.41) is 19.4. The number of aliphatic imine (C=N–C) groups is 1. The van der Waals surface area contributed by atoms with Gasteiger partial charge >= 0.3 is 0 Å². The Labute approximate surface area is 200 Å². The third-order valence-corrected chi connectivity index (χ3v) is 6.23. The third-order valence-electron chi connectivity index (χ3n) is 5.27. The van der Waals surface area contributed by atoms with Crippen molar-refractivity contribution in [2.45, 2.75) is 39.2 Å². The van der Waals surface area contributed by atoms with Gasteiger partial charge in [0.05, 0.1) is 23.9 Å². The molecule has 0 amide bonds. The zero-order valence-corrected chi connectivity index (χ0v) is 20.7. The molecule has 0 spiro atoms. The molecule has 2 heterocycles. The predicted octanol–water partition coefficient (Wildman–Crippen LogP) is 3.39. The van der Waals surface area contributed by atoms with E-state index < -0.39 is 0 Å². The molecular weight excluding hydrogens is 511 g/mol. The van der Waals surface area contributed by atoms with Crippen LogP contribution in [-0.4, -0.2) is 49.0 Å². The molecule has 1 aliphatic rings. The lowest BCUT2D eigenvalue weighted by Gasteiger charge is -2.27. The number of ether oxygens (including phenoxy) is 1. The van der Waals surface area contributed by atoms with Crippen LogP contribution in [0.4, 0.5) is 0 Å². The lowest BCUT2D eigenvalue weighted by atomic mass is 9.84. The van der Waals surface area contributed by atoms with Crippen LogP contribution in [0.15, 0.2) is 40.7 Å². The largest absolute Gasteiger partial charge is 0.396 e. The summed E-state index contributed by atoms with van der Waals surface area (Å²) in [7, 11) is 0. The first-order chi connectivity index (χ1) is 14.2. The van der Waals surface area contributed by atoms with Crippen molar-refractivity contribution in [3.05, 3.63) is 52.0 Å². The lowest BCUT2D eigenvalue weighted by Crippen LogP contribution is -2.44. The van der Waals surface area contributed by atoms with Gasteiger partial charge in [-0.2, -0.15) is 0 Å². The first kappa shape index (κ1) is 25.0. The summed E-state index contributed by atoms with van der Waals surface area (Å²) < 4.78 is 5.57. The van der Waals surface area contributed by atoms with E-state index in [2.05, 4.69) is 47.2 Å². The minimum absolute atomic E-state index is 0. The second-order valence-electron chi connectivity index (χ2n) is 7.54. The molecule has 0 aliphatic carbocycles. The van der Waals surface area contributed by atoms with Gasteiger partial charge in [-0.05, 0) is 31.7 Å². The summed E-state index contributed by atoms with van der Waals surface area (Å²) in [6.45, 7) is 5.80. The van der Waals surface area contributed by atoms with E-state index in [1.807, 2.05) is 6.07 Å². The van der Waals surface area contributed by atoms with Gasteiger partial charge in [0, 0.05) is 43.5 Å². The maximum atomic E-state index is 9.39. The smallest absolute Gasteiger partial charge is 0.191 e. The summed E-state index contributed by atoms with van der Waals surface area (Å²) in [4.78, 5) is 9.44. The number of guanidine groups is 1. The van der Waals surface area contributed by atoms with Crippen LogP contribution in [0.1, 0.15) is 36.0 Å². The fraction of sp³-hybridized carbons (Fsp3) is 0.545. The molecule has 1 atom stereocenters. The third kappa shape index (κ3) is 7.79. The van der Waals surface area contributed by atoms with E-state index in [1.54, 1.807) is 11.3 Å². The maximum absolute atomic E-state index is 9.39. The molecule has 0 radical (unpaired) electrons. The Balaban J connectivity index is 0.00000320. The molecule has 30 heavy (non-hydrogen) atoms. The van der Waals surface area contributed by atoms with Gasteiger partial charge in [0.2, 0.25) is 0 Å². The molecule has 1 aliphatic heterocycles. The van der Waals surface area contributed by atoms with Gasteiger partial charge in [-0.3, -0.25) is 0 Å². The molecule has 1 aromatic carbocycles. The van der Waals surface area contributed by atoms with Crippen molar-refractivity contribution >= 4 is 41.3 Å². The van der Waals surface area contributed by atoms with Crippen LogP contribution >= 0.6 is 35.3 Å². The van der Waals surface area contributed by atoms with Gasteiger partial charge in [-0.1, -0.05) is 30.3 Å². The van der Waals surface area contributed by atoms with Crippen LogP contribution in [-0.2, 0) is 24.1 Å². The second-order valence-corrected chi connectivity index (χ2v) is 8.49. The lowest BCUT2D eigenvalue weighted by molar-refractivity contribution is 0.127. The second kappa shape index (κ2) is 13.2. The highest BCUT2D eigenvalue weighted by Crippen LogP contribution is 2.31. The van der Waals surface area contributed by atoms with Crippen LogP contribution in [0.5, 0.6) is 0 Å². The van der Waals surface area contributed by atoms with Gasteiger partial charge in [0.15, 0.2) is 5.96 Å². The number of aliphatic hydroxyl groups is 1. The highest BCUT2D eigenvalue weighted by Gasteiger charge is 2.34. The number of aryl methyl sites for hydroxylation is 2. The van der Waals surface area contributed by atoms with Crippen LogP contribution < -0.4 is 10.6 Å². The SMILES string of the molecule is CCNC(=NCc1csc(CCc2ccccc2)n1)NCC1(CCO)CCOC1.I. The summed E-state index contributed by atoms with van der Waals surface area (Å²) >= 11 is 1.71. The molecule has 1 aromatic heterocycles. The molecule has 6 nitrogen and oxygen atoms in total. The number of nitrogens with one attached hydrogen (secondary N) is 2. The number of hydrogen-bond donors (Lipinski definition) is 3. The number of hydrogen-bond acceptors (Lipinski definition) is 5. The molecule has 1 unspecified atom stereocenters. The number of benzene rings is 1. The summed E-state index contributed by atoms with van der Waals surface area (Å²) in [6, 6.07) is 10.5. The normalized spacial score (nSPS) is 18.8. The van der Waals surface area contributed by atoms with Crippen LogP contribution in [0.3, 0.4) is 0 Å². The minimum Gasteiger partial charge on any atom is -0.396 e. The predicted molar refractivity (Wildman–Crippen MR) is 134 cm³/mol. The highest BCUT2D eigenvalue weighted by atomic mass is 127. The Hall–Kier alpha value is -1.23. The fourth-order valence-electron chi connectivity index (χ4n) is 3.52. The summed E-state index contributed by atoms with van der Waals surface area (Å²) in [5.41, 5.74) is 2.34. The molecular formula is C22H33IN4O2S. The van der Waals surface area contributed by atoms with Crippen LogP contribution in [0.25, 0.3) is 0 Å². The quantitative estimate of drug-likeness (QED) is 0.243. The molecule has 8 heteroatoms. The van der Waals surface area contributed by atoms with Crippen LogP contribution in [0.2, 0.25) is 0 Å². The zero-order valence-electron chi connectivity index (χ0n) is 17.6. The van der Waals surface area contributed by atoms with E-state index in [4.69, 9.17) is 14.7 Å². The van der Waals surface area contributed by atoms with E-state index in [-0.39, 0.29) is 36.0 Å². The number of rotatable bonds is 10. The van der Waals surface area contributed by atoms with Crippen LogP contribution in [0, 0.1) is 5.41 Å². The molecule has 3 rings (SSSR count). The summed E-state index contributed by atoms with van der Waals surface area (Å²) in [6.07, 6.45) is 3.68. The van der Waals surface area contributed by atoms with Crippen molar-refractivity contribution in [3.8, 4) is 0 Å². The Morgan fingerprint density at radius 1 is 1.27 bits per heavy atom. The highest BCUT2D eigenvalue weighted by molar-refractivity contribution is 14.0. The number of aromatic nitrogens is 1. The maximum Gasteiger partial charge on any atom is 0.191 e. The van der Waals surface area contributed by atoms with E-state index in [0.29, 0.717) is 13.2 Å². The Morgan fingerprint density at radius 3 is 2.80 bits per heavy atom. The molecule has 166 valence electrons. The van der Waals surface area contributed by atoms with Gasteiger partial charge in [-0.25, -0.2) is 9.98 Å². The Bertz CT molecular complexity index is 764. The first-order valence-electron chi connectivity index (χ1n) is 10.4. The average Bonchev–Trinajstić information content (AvgIpc) is 3.40. The molecule has 0 bridgehead atoms. The number of halogens is 1. The molecule has 1 saturated heterocycles. The van der Waals surface area contributed by atoms with Gasteiger partial charge < -0.3 is 20.5 Å². The van der Waals surface area contributed by atoms with Crippen molar-refractivity contribution in [2.75, 3.05) is 32.9 Å². The van der Waals surface area contributed by atoms with Gasteiger partial charge in [-0.15, -0.1) is 35.3 Å². The van der Waals surface area contributed by atoms with E-state index in [9.17, 15) is 5.11 Å². The molecule has 0 saturated carbocycles. The number of aliphatic hydroxyl groups excluding tert-OH is 1. The topological polar surface area (TPSA) is 78.8 Å². The number of nitrogens with zero attached hydrogens (tertiary/aromatic N) is 2. The fourth-order valence-corrected chi connectivity index (χ4v) is 4.31. The van der Waals surface area contributed by atoms with Crippen molar-refractivity contribution in [1.82, 2.24) is 15.6 Å². The van der Waals surface area contributed by atoms with Crippen molar-refractivity contribution in [3.63, 3.8) is 0 Å². The molecule has 3 N–H and O–H groups in total. The van der Waals surface area contributed by atoms with Gasteiger partial charge in [0.25, 0.3) is 0 Å². The van der Waals surface area contributed by atoms with Crippen molar-refractivity contribution in [1.29, 1.82) is 0 Å². The number of thiazole rings is 1. The van der Waals surface area contributed by atoms with Crippen molar-refractivity contribution in [2.24, 2.45) is 10.4 Å². The van der Waals surface area contributed by atoms with Gasteiger partial charge in [0.1, 0.15) is 0 Å².